The average Bonchev–Trinajstić information content (AvgIpc) is 3.26. The van der Waals surface area contributed by atoms with Gasteiger partial charge in [0.1, 0.15) is 10.5 Å². The molecule has 2 heterocycles. The topological polar surface area (TPSA) is 109 Å². The number of nitrogens with zero attached hydrogens (tertiary/aromatic N) is 3. The molecule has 0 atom stereocenters. The van der Waals surface area contributed by atoms with Gasteiger partial charge in [-0.05, 0) is 25.8 Å². The second kappa shape index (κ2) is 9.12. The Morgan fingerprint density at radius 3 is 2.40 bits per heavy atom. The number of nitro benzene ring substituents is 1. The largest absolute Gasteiger partial charge is 0.490 e. The number of hydrogen-bond donors (Lipinski definition) is 1. The van der Waals surface area contributed by atoms with Crippen molar-refractivity contribution >= 4 is 38.8 Å². The van der Waals surface area contributed by atoms with Gasteiger partial charge in [0.15, 0.2) is 11.5 Å². The van der Waals surface area contributed by atoms with Gasteiger partial charge in [-0.15, -0.1) is 11.3 Å². The lowest BCUT2D eigenvalue weighted by atomic mass is 10.2. The Hall–Kier alpha value is -3.14. The molecular weight excluding hydrogens is 408 g/mol. The number of aryl methyl sites for hydroxylation is 2. The molecule has 0 unspecified atom stereocenters. The number of carbonyl (C=O) groups excluding carboxylic acids is 1. The highest BCUT2D eigenvalue weighted by Crippen LogP contribution is 2.39. The van der Waals surface area contributed by atoms with Crippen molar-refractivity contribution in [2.45, 2.75) is 33.6 Å². The molecule has 0 fully saturated rings. The smallest absolute Gasteiger partial charge is 0.296 e. The lowest BCUT2D eigenvalue weighted by Gasteiger charge is -2.14. The molecule has 0 spiro atoms. The van der Waals surface area contributed by atoms with Crippen molar-refractivity contribution in [1.82, 2.24) is 9.78 Å². The van der Waals surface area contributed by atoms with Crippen LogP contribution in [0.3, 0.4) is 0 Å². The van der Waals surface area contributed by atoms with Crippen molar-refractivity contribution in [3.63, 3.8) is 0 Å². The van der Waals surface area contributed by atoms with Gasteiger partial charge in [0.25, 0.3) is 11.6 Å². The van der Waals surface area contributed by atoms with E-state index in [0.717, 1.165) is 28.8 Å². The molecule has 10 heteroatoms. The number of amides is 1. The van der Waals surface area contributed by atoms with Gasteiger partial charge in [-0.25, -0.2) is 0 Å². The molecule has 1 amide bonds. The SMILES string of the molecule is CCCOc1cc(NC(=O)c2cc3c(C)nn(C)c3s2)c([N+](=O)[O-])cc1OCCC. The van der Waals surface area contributed by atoms with Gasteiger partial charge < -0.3 is 14.8 Å². The molecular formula is C20H24N4O5S. The number of benzene rings is 1. The summed E-state index contributed by atoms with van der Waals surface area (Å²) >= 11 is 1.28. The van der Waals surface area contributed by atoms with Crippen molar-refractivity contribution in [3.05, 3.63) is 38.9 Å². The van der Waals surface area contributed by atoms with Crippen LogP contribution in [0.15, 0.2) is 18.2 Å². The van der Waals surface area contributed by atoms with E-state index < -0.39 is 10.8 Å². The number of hydrogen-bond acceptors (Lipinski definition) is 7. The van der Waals surface area contributed by atoms with Crippen molar-refractivity contribution in [3.8, 4) is 11.5 Å². The highest BCUT2D eigenvalue weighted by Gasteiger charge is 2.23. The molecule has 0 saturated carbocycles. The van der Waals surface area contributed by atoms with Crippen molar-refractivity contribution in [2.75, 3.05) is 18.5 Å². The Morgan fingerprint density at radius 2 is 1.83 bits per heavy atom. The van der Waals surface area contributed by atoms with Crippen LogP contribution in [0.5, 0.6) is 11.5 Å². The van der Waals surface area contributed by atoms with Gasteiger partial charge >= 0.3 is 0 Å². The number of rotatable bonds is 9. The van der Waals surface area contributed by atoms with Crippen LogP contribution in [0.1, 0.15) is 42.1 Å². The van der Waals surface area contributed by atoms with E-state index in [9.17, 15) is 14.9 Å². The molecule has 3 rings (SSSR count). The van der Waals surface area contributed by atoms with E-state index in [1.54, 1.807) is 10.7 Å². The Morgan fingerprint density at radius 1 is 1.20 bits per heavy atom. The molecule has 9 nitrogen and oxygen atoms in total. The van der Waals surface area contributed by atoms with Gasteiger partial charge in [0.2, 0.25) is 0 Å². The fourth-order valence-electron chi connectivity index (χ4n) is 2.95. The summed E-state index contributed by atoms with van der Waals surface area (Å²) in [4.78, 5) is 25.2. The minimum absolute atomic E-state index is 0.0623. The number of aromatic nitrogens is 2. The monoisotopic (exact) mass is 432 g/mol. The third kappa shape index (κ3) is 4.38. The molecule has 0 radical (unpaired) electrons. The van der Waals surface area contributed by atoms with E-state index in [2.05, 4.69) is 10.4 Å². The second-order valence-electron chi connectivity index (χ2n) is 6.76. The summed E-state index contributed by atoms with van der Waals surface area (Å²) in [5.74, 6) is 0.225. The quantitative estimate of drug-likeness (QED) is 0.388. The van der Waals surface area contributed by atoms with E-state index in [1.807, 2.05) is 27.8 Å². The van der Waals surface area contributed by atoms with Gasteiger partial charge in [0.05, 0.1) is 34.8 Å². The third-order valence-electron chi connectivity index (χ3n) is 4.35. The van der Waals surface area contributed by atoms with Crippen LogP contribution < -0.4 is 14.8 Å². The number of carbonyl (C=O) groups is 1. The first-order chi connectivity index (χ1) is 14.3. The highest BCUT2D eigenvalue weighted by atomic mass is 32.1. The maximum atomic E-state index is 12.8. The Balaban J connectivity index is 1.96. The van der Waals surface area contributed by atoms with Gasteiger partial charge in [-0.3, -0.25) is 19.6 Å². The summed E-state index contributed by atoms with van der Waals surface area (Å²) in [5, 5.41) is 19.5. The Bertz CT molecular complexity index is 1050. The van der Waals surface area contributed by atoms with Crippen LogP contribution in [-0.4, -0.2) is 33.8 Å². The number of fused-ring (bicyclic) bond motifs is 1. The number of ether oxygens (including phenoxy) is 2. The van der Waals surface area contributed by atoms with Crippen LogP contribution in [-0.2, 0) is 7.05 Å². The molecule has 0 saturated heterocycles. The summed E-state index contributed by atoms with van der Waals surface area (Å²) in [5.41, 5.74) is 0.631. The van der Waals surface area contributed by atoms with Crippen molar-refractivity contribution in [2.24, 2.45) is 7.05 Å². The summed E-state index contributed by atoms with van der Waals surface area (Å²) < 4.78 is 13.0. The van der Waals surface area contributed by atoms with Gasteiger partial charge in [-0.1, -0.05) is 13.8 Å². The minimum Gasteiger partial charge on any atom is -0.490 e. The van der Waals surface area contributed by atoms with E-state index in [4.69, 9.17) is 9.47 Å². The molecule has 160 valence electrons. The van der Waals surface area contributed by atoms with E-state index in [1.165, 1.54) is 23.5 Å². The maximum absolute atomic E-state index is 12.8. The fourth-order valence-corrected chi connectivity index (χ4v) is 3.97. The minimum atomic E-state index is -0.545. The predicted octanol–water partition coefficient (Wildman–Crippen LogP) is 4.68. The normalized spacial score (nSPS) is 10.9. The van der Waals surface area contributed by atoms with Crippen molar-refractivity contribution in [1.29, 1.82) is 0 Å². The first-order valence-corrected chi connectivity index (χ1v) is 10.5. The number of nitro groups is 1. The first kappa shape index (κ1) is 21.6. The summed E-state index contributed by atoms with van der Waals surface area (Å²) in [6.07, 6.45) is 1.51. The average molecular weight is 433 g/mol. The Labute approximate surface area is 177 Å². The molecule has 30 heavy (non-hydrogen) atoms. The van der Waals surface area contributed by atoms with Gasteiger partial charge in [0, 0.05) is 18.5 Å². The zero-order chi connectivity index (χ0) is 21.8. The number of nitrogens with one attached hydrogen (secondary N) is 1. The standard InChI is InChI=1S/C20H24N4O5S/c1-5-7-28-16-10-14(15(24(26)27)11-17(16)29-8-6-2)21-19(25)18-9-13-12(3)22-23(4)20(13)30-18/h9-11H,5-8H2,1-4H3,(H,21,25). The zero-order valence-electron chi connectivity index (χ0n) is 17.4. The van der Waals surface area contributed by atoms with Crippen LogP contribution in [0.4, 0.5) is 11.4 Å². The first-order valence-electron chi connectivity index (χ1n) is 9.68. The molecule has 3 aromatic rings. The molecule has 0 aliphatic rings. The molecule has 0 aliphatic carbocycles. The van der Waals surface area contributed by atoms with Gasteiger partial charge in [-0.2, -0.15) is 5.10 Å². The fraction of sp³-hybridized carbons (Fsp3) is 0.400. The molecule has 0 bridgehead atoms. The summed E-state index contributed by atoms with van der Waals surface area (Å²) in [7, 11) is 1.81. The van der Waals surface area contributed by atoms with E-state index in [0.29, 0.717) is 29.6 Å². The highest BCUT2D eigenvalue weighted by molar-refractivity contribution is 7.20. The molecule has 2 aromatic heterocycles. The van der Waals surface area contributed by atoms with Crippen LogP contribution in [0.2, 0.25) is 0 Å². The predicted molar refractivity (Wildman–Crippen MR) is 116 cm³/mol. The number of anilines is 1. The molecule has 0 aliphatic heterocycles. The lowest BCUT2D eigenvalue weighted by molar-refractivity contribution is -0.384. The second-order valence-corrected chi connectivity index (χ2v) is 7.79. The van der Waals surface area contributed by atoms with Crippen molar-refractivity contribution < 1.29 is 19.2 Å². The third-order valence-corrected chi connectivity index (χ3v) is 5.55. The van der Waals surface area contributed by atoms with Crippen LogP contribution in [0.25, 0.3) is 10.2 Å². The maximum Gasteiger partial charge on any atom is 0.296 e. The zero-order valence-corrected chi connectivity index (χ0v) is 18.2. The van der Waals surface area contributed by atoms with E-state index >= 15 is 0 Å². The summed E-state index contributed by atoms with van der Waals surface area (Å²) in [6.45, 7) is 6.60. The van der Waals surface area contributed by atoms with E-state index in [-0.39, 0.29) is 11.4 Å². The van der Waals surface area contributed by atoms with Crippen LogP contribution >= 0.6 is 11.3 Å². The molecule has 1 N–H and O–H groups in total. The van der Waals surface area contributed by atoms with Crippen LogP contribution in [0, 0.1) is 17.0 Å². The molecule has 1 aromatic carbocycles. The Kier molecular flexibility index (Phi) is 6.56. The number of thiophene rings is 1. The summed E-state index contributed by atoms with van der Waals surface area (Å²) in [6, 6.07) is 4.50. The lowest BCUT2D eigenvalue weighted by Crippen LogP contribution is -2.12.